The minimum atomic E-state index is -2.43. The first-order chi connectivity index (χ1) is 8.50. The first-order valence-corrected chi connectivity index (χ1v) is 6.00. The smallest absolute Gasteiger partial charge is 0.261 e. The minimum absolute atomic E-state index is 0.163. The fraction of sp³-hybridized carbons (Fsp3) is 0.818. The van der Waals surface area contributed by atoms with E-state index in [1.165, 1.54) is 6.33 Å². The predicted molar refractivity (Wildman–Crippen MR) is 63.5 cm³/mol. The van der Waals surface area contributed by atoms with Gasteiger partial charge in [0.2, 0.25) is 0 Å². The second kappa shape index (κ2) is 7.38. The molecular weight excluding hydrogens is 242 g/mol. The van der Waals surface area contributed by atoms with Crippen molar-refractivity contribution in [2.24, 2.45) is 5.73 Å². The van der Waals surface area contributed by atoms with E-state index in [1.54, 1.807) is 4.68 Å². The molecule has 0 saturated carbocycles. The monoisotopic (exact) mass is 262 g/mol. The number of aromatic nitrogens is 3. The molecule has 0 spiro atoms. The number of hydrogen-bond donors (Lipinski definition) is 1. The standard InChI is InChI=1S/C11H20F2N4O/c1-8(2)17-11(15-7-16-17)5-9(14)3-4-18-6-10(12)13/h7-10H,3-6,14H2,1-2H3. The third-order valence-electron chi connectivity index (χ3n) is 2.46. The van der Waals surface area contributed by atoms with Gasteiger partial charge in [-0.05, 0) is 20.3 Å². The molecule has 1 unspecified atom stereocenters. The summed E-state index contributed by atoms with van der Waals surface area (Å²) in [5, 5.41) is 4.11. The van der Waals surface area contributed by atoms with Crippen LogP contribution in [0.15, 0.2) is 6.33 Å². The molecule has 1 rings (SSSR count). The number of hydrogen-bond acceptors (Lipinski definition) is 4. The Morgan fingerprint density at radius 1 is 1.44 bits per heavy atom. The summed E-state index contributed by atoms with van der Waals surface area (Å²) >= 11 is 0. The Hall–Kier alpha value is -1.08. The van der Waals surface area contributed by atoms with Crippen LogP contribution in [0.25, 0.3) is 0 Å². The van der Waals surface area contributed by atoms with Gasteiger partial charge in [0.1, 0.15) is 18.8 Å². The Morgan fingerprint density at radius 2 is 2.17 bits per heavy atom. The third-order valence-corrected chi connectivity index (χ3v) is 2.46. The molecule has 0 aliphatic rings. The van der Waals surface area contributed by atoms with Gasteiger partial charge >= 0.3 is 0 Å². The zero-order valence-corrected chi connectivity index (χ0v) is 10.7. The Bertz CT molecular complexity index is 344. The van der Waals surface area contributed by atoms with Gasteiger partial charge in [0.15, 0.2) is 0 Å². The van der Waals surface area contributed by atoms with Crippen molar-refractivity contribution in [3.63, 3.8) is 0 Å². The molecule has 104 valence electrons. The number of nitrogens with two attached hydrogens (primary N) is 1. The van der Waals surface area contributed by atoms with Gasteiger partial charge < -0.3 is 10.5 Å². The van der Waals surface area contributed by atoms with Crippen LogP contribution in [0.5, 0.6) is 0 Å². The highest BCUT2D eigenvalue weighted by Gasteiger charge is 2.12. The van der Waals surface area contributed by atoms with Crippen LogP contribution >= 0.6 is 0 Å². The number of alkyl halides is 2. The van der Waals surface area contributed by atoms with E-state index in [0.717, 1.165) is 5.82 Å². The van der Waals surface area contributed by atoms with Gasteiger partial charge in [0.05, 0.1) is 0 Å². The van der Waals surface area contributed by atoms with Gasteiger partial charge in [0.25, 0.3) is 6.43 Å². The minimum Gasteiger partial charge on any atom is -0.375 e. The number of rotatable bonds is 8. The first-order valence-electron chi connectivity index (χ1n) is 6.00. The lowest BCUT2D eigenvalue weighted by Crippen LogP contribution is -2.27. The summed E-state index contributed by atoms with van der Waals surface area (Å²) in [5.74, 6) is 0.811. The Labute approximate surface area is 105 Å². The largest absolute Gasteiger partial charge is 0.375 e. The van der Waals surface area contributed by atoms with E-state index in [1.807, 2.05) is 13.8 Å². The van der Waals surface area contributed by atoms with E-state index in [9.17, 15) is 8.78 Å². The highest BCUT2D eigenvalue weighted by atomic mass is 19.3. The van der Waals surface area contributed by atoms with E-state index in [0.29, 0.717) is 12.8 Å². The summed E-state index contributed by atoms with van der Waals surface area (Å²) < 4.78 is 30.3. The molecule has 1 aromatic rings. The molecule has 2 N–H and O–H groups in total. The topological polar surface area (TPSA) is 66.0 Å². The average Bonchev–Trinajstić information content (AvgIpc) is 2.72. The van der Waals surface area contributed by atoms with Crippen LogP contribution in [0.1, 0.15) is 32.1 Å². The van der Waals surface area contributed by atoms with Gasteiger partial charge in [-0.15, -0.1) is 0 Å². The molecule has 1 heterocycles. The van der Waals surface area contributed by atoms with Gasteiger partial charge in [-0.3, -0.25) is 0 Å². The molecule has 18 heavy (non-hydrogen) atoms. The van der Waals surface area contributed by atoms with E-state index < -0.39 is 13.0 Å². The molecule has 1 atom stereocenters. The molecule has 0 aromatic carbocycles. The van der Waals surface area contributed by atoms with Crippen molar-refractivity contribution in [3.8, 4) is 0 Å². The normalized spacial score (nSPS) is 13.5. The lowest BCUT2D eigenvalue weighted by Gasteiger charge is -2.14. The molecule has 0 fully saturated rings. The maximum absolute atomic E-state index is 11.8. The van der Waals surface area contributed by atoms with Crippen LogP contribution < -0.4 is 5.73 Å². The van der Waals surface area contributed by atoms with Crippen molar-refractivity contribution in [2.45, 2.75) is 45.2 Å². The van der Waals surface area contributed by atoms with Crippen LogP contribution in [0.2, 0.25) is 0 Å². The maximum Gasteiger partial charge on any atom is 0.261 e. The second-order valence-electron chi connectivity index (χ2n) is 4.43. The summed E-state index contributed by atoms with van der Waals surface area (Å²) in [4.78, 5) is 4.14. The van der Waals surface area contributed by atoms with Crippen molar-refractivity contribution in [2.75, 3.05) is 13.2 Å². The van der Waals surface area contributed by atoms with Crippen molar-refractivity contribution in [3.05, 3.63) is 12.2 Å². The van der Waals surface area contributed by atoms with Gasteiger partial charge in [-0.2, -0.15) is 5.10 Å². The van der Waals surface area contributed by atoms with Crippen molar-refractivity contribution in [1.82, 2.24) is 14.8 Å². The summed E-state index contributed by atoms with van der Waals surface area (Å²) in [7, 11) is 0. The molecule has 0 bridgehead atoms. The summed E-state index contributed by atoms with van der Waals surface area (Å²) in [6.07, 6.45) is 0.161. The Balaban J connectivity index is 2.31. The highest BCUT2D eigenvalue weighted by Crippen LogP contribution is 2.08. The fourth-order valence-electron chi connectivity index (χ4n) is 1.60. The molecule has 0 aliphatic heterocycles. The van der Waals surface area contributed by atoms with Crippen LogP contribution in [-0.2, 0) is 11.2 Å². The van der Waals surface area contributed by atoms with Gasteiger partial charge in [0, 0.05) is 25.1 Å². The van der Waals surface area contributed by atoms with Crippen LogP contribution in [0.3, 0.4) is 0 Å². The maximum atomic E-state index is 11.8. The summed E-state index contributed by atoms with van der Waals surface area (Å²) in [6, 6.07) is 0.0640. The Kier molecular flexibility index (Phi) is 6.14. The molecule has 0 saturated heterocycles. The van der Waals surface area contributed by atoms with E-state index in [-0.39, 0.29) is 18.7 Å². The third kappa shape index (κ3) is 5.05. The quantitative estimate of drug-likeness (QED) is 0.719. The average molecular weight is 262 g/mol. The summed E-state index contributed by atoms with van der Waals surface area (Å²) in [6.45, 7) is 3.72. The highest BCUT2D eigenvalue weighted by molar-refractivity contribution is 4.90. The predicted octanol–water partition coefficient (Wildman–Crippen LogP) is 1.40. The molecule has 7 heteroatoms. The SMILES string of the molecule is CC(C)n1ncnc1CC(N)CCOCC(F)F. The summed E-state index contributed by atoms with van der Waals surface area (Å²) in [5.41, 5.74) is 5.90. The number of nitrogens with zero attached hydrogens (tertiary/aromatic N) is 3. The van der Waals surface area contributed by atoms with E-state index >= 15 is 0 Å². The zero-order valence-electron chi connectivity index (χ0n) is 10.7. The molecule has 0 radical (unpaired) electrons. The van der Waals surface area contributed by atoms with Crippen molar-refractivity contribution in [1.29, 1.82) is 0 Å². The lowest BCUT2D eigenvalue weighted by molar-refractivity contribution is 0.0152. The molecular formula is C11H20F2N4O. The molecule has 5 nitrogen and oxygen atoms in total. The molecule has 0 aliphatic carbocycles. The van der Waals surface area contributed by atoms with Crippen LogP contribution in [0, 0.1) is 0 Å². The number of ether oxygens (including phenoxy) is 1. The van der Waals surface area contributed by atoms with Gasteiger partial charge in [-0.25, -0.2) is 18.4 Å². The Morgan fingerprint density at radius 3 is 2.78 bits per heavy atom. The van der Waals surface area contributed by atoms with Crippen molar-refractivity contribution >= 4 is 0 Å². The van der Waals surface area contributed by atoms with Crippen LogP contribution in [-0.4, -0.2) is 40.4 Å². The zero-order chi connectivity index (χ0) is 13.5. The fourth-order valence-corrected chi connectivity index (χ4v) is 1.60. The van der Waals surface area contributed by atoms with Gasteiger partial charge in [-0.1, -0.05) is 0 Å². The van der Waals surface area contributed by atoms with E-state index in [4.69, 9.17) is 10.5 Å². The van der Waals surface area contributed by atoms with Crippen molar-refractivity contribution < 1.29 is 13.5 Å². The molecule has 1 aromatic heterocycles. The first kappa shape index (κ1) is 15.0. The molecule has 0 amide bonds. The van der Waals surface area contributed by atoms with Crippen LogP contribution in [0.4, 0.5) is 8.78 Å². The number of halogens is 2. The van der Waals surface area contributed by atoms with E-state index in [2.05, 4.69) is 10.1 Å². The second-order valence-corrected chi connectivity index (χ2v) is 4.43. The lowest BCUT2D eigenvalue weighted by atomic mass is 10.1.